The summed E-state index contributed by atoms with van der Waals surface area (Å²) in [5.41, 5.74) is 3.35. The maximum Gasteiger partial charge on any atom is 0.188 e. The quantitative estimate of drug-likeness (QED) is 0.452. The van der Waals surface area contributed by atoms with Crippen molar-refractivity contribution in [3.63, 3.8) is 0 Å². The van der Waals surface area contributed by atoms with Crippen LogP contribution in [0.1, 0.15) is 38.3 Å². The van der Waals surface area contributed by atoms with E-state index < -0.39 is 0 Å². The van der Waals surface area contributed by atoms with Crippen LogP contribution in [0.25, 0.3) is 10.2 Å². The predicted octanol–water partition coefficient (Wildman–Crippen LogP) is 5.66. The Balaban J connectivity index is 1.58. The van der Waals surface area contributed by atoms with Crippen LogP contribution in [-0.2, 0) is 0 Å². The van der Waals surface area contributed by atoms with Crippen LogP contribution in [0.3, 0.4) is 0 Å². The number of nitrogens with zero attached hydrogens (tertiary/aromatic N) is 4. The molecular weight excluding hydrogens is 354 g/mol. The van der Waals surface area contributed by atoms with Crippen molar-refractivity contribution in [1.82, 2.24) is 19.7 Å². The molecule has 0 aliphatic carbocycles. The number of para-hydroxylation sites is 1. The van der Waals surface area contributed by atoms with Gasteiger partial charge in [0.2, 0.25) is 0 Å². The summed E-state index contributed by atoms with van der Waals surface area (Å²) in [4.78, 5) is 4.65. The van der Waals surface area contributed by atoms with E-state index in [1.54, 1.807) is 11.3 Å². The van der Waals surface area contributed by atoms with E-state index in [1.165, 1.54) is 10.3 Å². The van der Waals surface area contributed by atoms with Crippen molar-refractivity contribution < 1.29 is 0 Å². The largest absolute Gasteiger partial charge is 0.332 e. The van der Waals surface area contributed by atoms with E-state index in [0.717, 1.165) is 29.2 Å². The van der Waals surface area contributed by atoms with E-state index in [-0.39, 0.29) is 6.04 Å². The Kier molecular flexibility index (Phi) is 5.16. The molecule has 1 atom stereocenters. The average molecular weight is 378 g/mol. The zero-order valence-corrected chi connectivity index (χ0v) is 16.4. The summed E-state index contributed by atoms with van der Waals surface area (Å²) < 4.78 is 3.31. The minimum atomic E-state index is 0.256. The zero-order valence-electron chi connectivity index (χ0n) is 15.5. The fourth-order valence-corrected chi connectivity index (χ4v) is 4.47. The number of hydrogen-bond acceptors (Lipinski definition) is 5. The smallest absolute Gasteiger partial charge is 0.188 e. The number of nitrogens with one attached hydrogen (secondary N) is 1. The number of rotatable bonds is 7. The van der Waals surface area contributed by atoms with Gasteiger partial charge in [-0.05, 0) is 35.7 Å². The average Bonchev–Trinajstić information content (AvgIpc) is 3.36. The van der Waals surface area contributed by atoms with Crippen LogP contribution >= 0.6 is 11.3 Å². The molecule has 0 aliphatic rings. The molecule has 4 aromatic rings. The highest BCUT2D eigenvalue weighted by Crippen LogP contribution is 2.33. The first kappa shape index (κ1) is 17.7. The van der Waals surface area contributed by atoms with Crippen molar-refractivity contribution in [3.05, 3.63) is 66.7 Å². The lowest BCUT2D eigenvalue weighted by Crippen LogP contribution is -2.19. The van der Waals surface area contributed by atoms with E-state index in [4.69, 9.17) is 0 Å². The lowest BCUT2D eigenvalue weighted by molar-refractivity contribution is 0.354. The van der Waals surface area contributed by atoms with E-state index in [1.807, 2.05) is 30.9 Å². The van der Waals surface area contributed by atoms with Gasteiger partial charge in [0.1, 0.15) is 12.7 Å². The van der Waals surface area contributed by atoms with Crippen molar-refractivity contribution in [1.29, 1.82) is 0 Å². The first-order valence-corrected chi connectivity index (χ1v) is 10.2. The molecule has 2 aromatic heterocycles. The van der Waals surface area contributed by atoms with Gasteiger partial charge >= 0.3 is 0 Å². The van der Waals surface area contributed by atoms with Crippen LogP contribution < -0.4 is 5.32 Å². The molecule has 0 bridgehead atoms. The number of aromatic nitrogens is 4. The van der Waals surface area contributed by atoms with E-state index in [0.29, 0.717) is 5.92 Å². The van der Waals surface area contributed by atoms with Gasteiger partial charge in [0, 0.05) is 5.69 Å². The van der Waals surface area contributed by atoms with Gasteiger partial charge in [-0.25, -0.2) is 4.98 Å². The van der Waals surface area contributed by atoms with Gasteiger partial charge in [0.15, 0.2) is 5.13 Å². The fourth-order valence-electron chi connectivity index (χ4n) is 3.59. The number of benzene rings is 2. The topological polar surface area (TPSA) is 55.6 Å². The molecule has 5 nitrogen and oxygen atoms in total. The van der Waals surface area contributed by atoms with Gasteiger partial charge in [0.25, 0.3) is 0 Å². The highest BCUT2D eigenvalue weighted by Gasteiger charge is 2.22. The second-order valence-corrected chi connectivity index (χ2v) is 7.69. The molecule has 0 saturated carbocycles. The lowest BCUT2D eigenvalue weighted by Gasteiger charge is -2.26. The van der Waals surface area contributed by atoms with E-state index in [9.17, 15) is 0 Å². The summed E-state index contributed by atoms with van der Waals surface area (Å²) in [6, 6.07) is 17.1. The molecule has 1 N–H and O–H groups in total. The van der Waals surface area contributed by atoms with E-state index in [2.05, 4.69) is 69.2 Å². The maximum atomic E-state index is 4.65. The summed E-state index contributed by atoms with van der Waals surface area (Å²) >= 11 is 1.67. The zero-order chi connectivity index (χ0) is 18.6. The first-order chi connectivity index (χ1) is 13.3. The third-order valence-corrected chi connectivity index (χ3v) is 6.00. The molecule has 4 rings (SSSR count). The van der Waals surface area contributed by atoms with Gasteiger partial charge in [0.05, 0.1) is 16.3 Å². The SMILES string of the molecule is CCC(CC)C(c1ccc(Nc2nc3ccccc3s2)cc1)n1cnnc1. The summed E-state index contributed by atoms with van der Waals surface area (Å²) in [7, 11) is 0. The highest BCUT2D eigenvalue weighted by molar-refractivity contribution is 7.22. The molecule has 0 spiro atoms. The minimum absolute atomic E-state index is 0.256. The molecule has 0 radical (unpaired) electrons. The number of anilines is 2. The summed E-state index contributed by atoms with van der Waals surface area (Å²) in [5, 5.41) is 12.4. The van der Waals surface area contributed by atoms with Crippen molar-refractivity contribution >= 4 is 32.4 Å². The van der Waals surface area contributed by atoms with Crippen LogP contribution in [0, 0.1) is 5.92 Å². The lowest BCUT2D eigenvalue weighted by atomic mass is 9.88. The van der Waals surface area contributed by atoms with Crippen molar-refractivity contribution in [2.24, 2.45) is 5.92 Å². The van der Waals surface area contributed by atoms with Gasteiger partial charge in [-0.2, -0.15) is 0 Å². The molecule has 2 aromatic carbocycles. The van der Waals surface area contributed by atoms with Crippen LogP contribution in [-0.4, -0.2) is 19.7 Å². The molecule has 27 heavy (non-hydrogen) atoms. The first-order valence-electron chi connectivity index (χ1n) is 9.35. The number of hydrogen-bond donors (Lipinski definition) is 1. The summed E-state index contributed by atoms with van der Waals surface area (Å²) in [6.07, 6.45) is 5.86. The Morgan fingerprint density at radius 1 is 0.963 bits per heavy atom. The van der Waals surface area contributed by atoms with Crippen molar-refractivity contribution in [2.75, 3.05) is 5.32 Å². The molecule has 2 heterocycles. The molecular formula is C21H23N5S. The summed E-state index contributed by atoms with van der Waals surface area (Å²) in [6.45, 7) is 4.49. The Morgan fingerprint density at radius 3 is 2.33 bits per heavy atom. The normalized spacial score (nSPS) is 12.6. The number of thiazole rings is 1. The van der Waals surface area contributed by atoms with Crippen molar-refractivity contribution in [2.45, 2.75) is 32.7 Å². The van der Waals surface area contributed by atoms with Crippen LogP contribution in [0.4, 0.5) is 10.8 Å². The predicted molar refractivity (Wildman–Crippen MR) is 112 cm³/mol. The molecule has 138 valence electrons. The third kappa shape index (κ3) is 3.71. The maximum absolute atomic E-state index is 4.65. The van der Waals surface area contributed by atoms with Gasteiger partial charge in [-0.15, -0.1) is 10.2 Å². The van der Waals surface area contributed by atoms with Gasteiger partial charge in [-0.3, -0.25) is 0 Å². The van der Waals surface area contributed by atoms with Crippen LogP contribution in [0.15, 0.2) is 61.2 Å². The Hall–Kier alpha value is -2.73. The van der Waals surface area contributed by atoms with E-state index >= 15 is 0 Å². The fraction of sp³-hybridized carbons (Fsp3) is 0.286. The third-order valence-electron chi connectivity index (χ3n) is 5.05. The molecule has 0 amide bonds. The Labute approximate surface area is 163 Å². The molecule has 1 unspecified atom stereocenters. The molecule has 0 fully saturated rings. The monoisotopic (exact) mass is 377 g/mol. The minimum Gasteiger partial charge on any atom is -0.332 e. The van der Waals surface area contributed by atoms with Crippen molar-refractivity contribution in [3.8, 4) is 0 Å². The second-order valence-electron chi connectivity index (χ2n) is 6.66. The molecule has 0 aliphatic heterocycles. The van der Waals surface area contributed by atoms with Crippen LogP contribution in [0.5, 0.6) is 0 Å². The standard InChI is InChI=1S/C21H23N5S/c1-3-15(4-2)20(26-13-22-23-14-26)16-9-11-17(12-10-16)24-21-25-18-7-5-6-8-19(18)27-21/h5-15,20H,3-4H2,1-2H3,(H,24,25). The van der Waals surface area contributed by atoms with Crippen LogP contribution in [0.2, 0.25) is 0 Å². The summed E-state index contributed by atoms with van der Waals surface area (Å²) in [5.74, 6) is 0.545. The Bertz CT molecular complexity index is 954. The Morgan fingerprint density at radius 2 is 1.67 bits per heavy atom. The van der Waals surface area contributed by atoms with Gasteiger partial charge in [-0.1, -0.05) is 62.3 Å². The highest BCUT2D eigenvalue weighted by atomic mass is 32.1. The molecule has 0 saturated heterocycles. The molecule has 6 heteroatoms. The van der Waals surface area contributed by atoms with Gasteiger partial charge < -0.3 is 9.88 Å². The second kappa shape index (κ2) is 7.88. The number of fused-ring (bicyclic) bond motifs is 1.